The number of anilines is 2. The Bertz CT molecular complexity index is 1230. The summed E-state index contributed by atoms with van der Waals surface area (Å²) < 4.78 is 19.3. The Hall–Kier alpha value is -4.13. The van der Waals surface area contributed by atoms with Crippen LogP contribution < -0.4 is 26.3 Å². The first-order valence-electron chi connectivity index (χ1n) is 13.0. The Morgan fingerprint density at radius 2 is 1.95 bits per heavy atom. The molecule has 5 amide bonds. The van der Waals surface area contributed by atoms with Gasteiger partial charge in [0, 0.05) is 19.2 Å². The molecule has 1 aromatic heterocycles. The number of amides is 5. The summed E-state index contributed by atoms with van der Waals surface area (Å²) in [4.78, 5) is 52.0. The molecule has 1 aromatic carbocycles. The molecule has 0 radical (unpaired) electrons. The van der Waals surface area contributed by atoms with Crippen molar-refractivity contribution in [3.05, 3.63) is 48.2 Å². The largest absolute Gasteiger partial charge is 0.459 e. The van der Waals surface area contributed by atoms with Gasteiger partial charge in [-0.25, -0.2) is 9.18 Å². The van der Waals surface area contributed by atoms with Crippen LogP contribution in [0.15, 0.2) is 41.0 Å². The van der Waals surface area contributed by atoms with Crippen molar-refractivity contribution in [3.8, 4) is 0 Å². The number of carbonyl (C=O) groups is 4. The number of imide groups is 1. The monoisotopic (exact) mass is 542 g/mol. The second-order valence-electron chi connectivity index (χ2n) is 10.1. The van der Waals surface area contributed by atoms with Crippen LogP contribution >= 0.6 is 0 Å². The molecule has 0 bridgehead atoms. The first-order chi connectivity index (χ1) is 18.8. The average Bonchev–Trinajstić information content (AvgIpc) is 3.57. The van der Waals surface area contributed by atoms with Crippen LogP contribution in [0.4, 0.5) is 20.6 Å². The maximum Gasteiger partial charge on any atom is 0.343 e. The van der Waals surface area contributed by atoms with Crippen molar-refractivity contribution in [1.82, 2.24) is 21.0 Å². The summed E-state index contributed by atoms with van der Waals surface area (Å²) in [5, 5.41) is 20.0. The number of hydrogen-bond donors (Lipinski definition) is 5. The molecule has 13 heteroatoms. The van der Waals surface area contributed by atoms with Gasteiger partial charge < -0.3 is 30.4 Å². The Morgan fingerprint density at radius 1 is 1.15 bits per heavy atom. The molecule has 208 valence electrons. The van der Waals surface area contributed by atoms with Gasteiger partial charge >= 0.3 is 6.03 Å². The third-order valence-electron chi connectivity index (χ3n) is 7.51. The summed E-state index contributed by atoms with van der Waals surface area (Å²) in [6.07, 6.45) is 4.28. The van der Waals surface area contributed by atoms with Crippen molar-refractivity contribution < 1.29 is 33.1 Å². The second kappa shape index (κ2) is 10.9. The van der Waals surface area contributed by atoms with Crippen molar-refractivity contribution in [3.63, 3.8) is 0 Å². The molecule has 0 spiro atoms. The number of furan rings is 1. The SMILES string of the molecule is O=C(NC1(C(=O)NC2CCN(c3ccc(F)cc3NN3C(=O)CNC3=O)CC2O)CCCCC1)c1ccco1. The highest BCUT2D eigenvalue weighted by atomic mass is 19.1. The number of nitrogens with one attached hydrogen (secondary N) is 4. The number of urea groups is 1. The molecule has 5 rings (SSSR count). The van der Waals surface area contributed by atoms with Crippen LogP contribution in [0.25, 0.3) is 0 Å². The average molecular weight is 543 g/mol. The molecule has 2 saturated heterocycles. The molecule has 1 saturated carbocycles. The lowest BCUT2D eigenvalue weighted by Gasteiger charge is -2.41. The number of piperidine rings is 1. The standard InChI is InChI=1S/C26H31FN6O6/c27-16-6-7-19(18(13-16)31-33-22(35)14-28-25(33)38)32-11-8-17(20(34)15-32)29-24(37)26(9-2-1-3-10-26)30-23(36)21-5-4-12-39-21/h4-7,12-13,17,20,31,34H,1-3,8-11,14-15H2,(H,28,38)(H,29,37)(H,30,36). The van der Waals surface area contributed by atoms with Crippen molar-refractivity contribution in [2.24, 2.45) is 0 Å². The molecule has 12 nitrogen and oxygen atoms in total. The molecule has 2 unspecified atom stereocenters. The fraction of sp³-hybridized carbons (Fsp3) is 0.462. The Balaban J connectivity index is 1.26. The van der Waals surface area contributed by atoms with E-state index >= 15 is 0 Å². The van der Waals surface area contributed by atoms with Crippen molar-refractivity contribution in [1.29, 1.82) is 0 Å². The molecular weight excluding hydrogens is 511 g/mol. The Kier molecular flexibility index (Phi) is 7.42. The number of benzene rings is 1. The zero-order chi connectivity index (χ0) is 27.6. The van der Waals surface area contributed by atoms with E-state index in [2.05, 4.69) is 21.4 Å². The topological polar surface area (TPSA) is 156 Å². The van der Waals surface area contributed by atoms with Gasteiger partial charge in [0.15, 0.2) is 5.76 Å². The van der Waals surface area contributed by atoms with Crippen LogP contribution in [-0.2, 0) is 9.59 Å². The first kappa shape index (κ1) is 26.5. The van der Waals surface area contributed by atoms with Crippen LogP contribution in [0.3, 0.4) is 0 Å². The van der Waals surface area contributed by atoms with E-state index in [1.54, 1.807) is 11.0 Å². The highest BCUT2D eigenvalue weighted by molar-refractivity contribution is 6.03. The minimum absolute atomic E-state index is 0.108. The highest BCUT2D eigenvalue weighted by Crippen LogP contribution is 2.32. The zero-order valence-electron chi connectivity index (χ0n) is 21.2. The second-order valence-corrected chi connectivity index (χ2v) is 10.1. The van der Waals surface area contributed by atoms with Gasteiger partial charge in [0.25, 0.3) is 11.8 Å². The zero-order valence-corrected chi connectivity index (χ0v) is 21.2. The molecule has 3 aliphatic rings. The maximum atomic E-state index is 14.1. The van der Waals surface area contributed by atoms with Crippen LogP contribution in [0, 0.1) is 5.82 Å². The molecule has 3 fully saturated rings. The van der Waals surface area contributed by atoms with Crippen molar-refractivity contribution in [2.45, 2.75) is 56.2 Å². The summed E-state index contributed by atoms with van der Waals surface area (Å²) in [7, 11) is 0. The van der Waals surface area contributed by atoms with Crippen LogP contribution in [-0.4, -0.2) is 71.2 Å². The van der Waals surface area contributed by atoms with Crippen LogP contribution in [0.1, 0.15) is 49.1 Å². The number of hydrazine groups is 1. The number of β-amino-alcohol motifs (C(OH)–C–C–N with tert-alkyl or cyclic N) is 1. The van der Waals surface area contributed by atoms with Gasteiger partial charge in [0.1, 0.15) is 17.9 Å². The Morgan fingerprint density at radius 3 is 2.62 bits per heavy atom. The molecule has 3 heterocycles. The van der Waals surface area contributed by atoms with E-state index in [0.717, 1.165) is 24.3 Å². The highest BCUT2D eigenvalue weighted by Gasteiger charge is 2.43. The normalized spacial score (nSPS) is 22.8. The van der Waals surface area contributed by atoms with Gasteiger partial charge in [0.05, 0.1) is 29.8 Å². The number of hydrogen-bond acceptors (Lipinski definition) is 8. The van der Waals surface area contributed by atoms with Gasteiger partial charge in [-0.1, -0.05) is 19.3 Å². The molecule has 5 N–H and O–H groups in total. The minimum Gasteiger partial charge on any atom is -0.459 e. The van der Waals surface area contributed by atoms with E-state index in [1.807, 2.05) is 0 Å². The quantitative estimate of drug-likeness (QED) is 0.330. The number of aliphatic hydroxyl groups excluding tert-OH is 1. The van der Waals surface area contributed by atoms with E-state index in [-0.39, 0.29) is 30.4 Å². The third-order valence-corrected chi connectivity index (χ3v) is 7.51. The van der Waals surface area contributed by atoms with E-state index in [9.17, 15) is 28.7 Å². The third kappa shape index (κ3) is 5.53. The lowest BCUT2D eigenvalue weighted by atomic mass is 9.80. The minimum atomic E-state index is -1.10. The summed E-state index contributed by atoms with van der Waals surface area (Å²) in [6, 6.07) is 5.84. The molecule has 39 heavy (non-hydrogen) atoms. The van der Waals surface area contributed by atoms with Crippen molar-refractivity contribution >= 4 is 35.1 Å². The molecule has 2 aromatic rings. The van der Waals surface area contributed by atoms with Crippen LogP contribution in [0.2, 0.25) is 0 Å². The van der Waals surface area contributed by atoms with Gasteiger partial charge in [-0.2, -0.15) is 5.01 Å². The van der Waals surface area contributed by atoms with Gasteiger partial charge in [0.2, 0.25) is 5.91 Å². The Labute approximate surface area is 223 Å². The number of rotatable bonds is 7. The lowest BCUT2D eigenvalue weighted by Crippen LogP contribution is -2.64. The van der Waals surface area contributed by atoms with Crippen LogP contribution in [0.5, 0.6) is 0 Å². The van der Waals surface area contributed by atoms with Gasteiger partial charge in [-0.15, -0.1) is 0 Å². The first-order valence-corrected chi connectivity index (χ1v) is 13.0. The number of nitrogens with zero attached hydrogens (tertiary/aromatic N) is 2. The number of halogens is 1. The fourth-order valence-electron chi connectivity index (χ4n) is 5.41. The van der Waals surface area contributed by atoms with E-state index < -0.39 is 41.3 Å². The van der Waals surface area contributed by atoms with Crippen molar-refractivity contribution in [2.75, 3.05) is 30.0 Å². The fourth-order valence-corrected chi connectivity index (χ4v) is 5.41. The molecular formula is C26H31FN6O6. The lowest BCUT2D eigenvalue weighted by molar-refractivity contribution is -0.130. The molecule has 2 atom stereocenters. The van der Waals surface area contributed by atoms with Gasteiger partial charge in [-0.05, 0) is 43.5 Å². The summed E-state index contributed by atoms with van der Waals surface area (Å²) >= 11 is 0. The number of carbonyl (C=O) groups excluding carboxylic acids is 4. The predicted molar refractivity (Wildman–Crippen MR) is 137 cm³/mol. The maximum absolute atomic E-state index is 14.1. The van der Waals surface area contributed by atoms with Gasteiger partial charge in [-0.3, -0.25) is 19.8 Å². The smallest absolute Gasteiger partial charge is 0.343 e. The van der Waals surface area contributed by atoms with E-state index in [4.69, 9.17) is 4.42 Å². The predicted octanol–water partition coefficient (Wildman–Crippen LogP) is 1.49. The van der Waals surface area contributed by atoms with E-state index in [1.165, 1.54) is 30.5 Å². The molecule has 1 aliphatic carbocycles. The summed E-state index contributed by atoms with van der Waals surface area (Å²) in [5.41, 5.74) is 2.25. The van der Waals surface area contributed by atoms with E-state index in [0.29, 0.717) is 31.5 Å². The summed E-state index contributed by atoms with van der Waals surface area (Å²) in [6.45, 7) is 0.342. The number of aliphatic hydroxyl groups is 1. The molecule has 2 aliphatic heterocycles. The summed E-state index contributed by atoms with van der Waals surface area (Å²) in [5.74, 6) is -1.76.